The average molecular weight is 331 g/mol. The standard InChI is InChI=1S/C19H17N5O/c1-20-19(25)14-7-8-17-15(9-14)23-18(16-10-21-12-22-16)24(17)11-13-5-3-2-4-6-13/h2-10,12H,11H2,1H3,(H,20,25)(H,21,22). The first-order valence-corrected chi connectivity index (χ1v) is 8.01. The third-order valence-electron chi connectivity index (χ3n) is 4.16. The topological polar surface area (TPSA) is 75.6 Å². The number of carbonyl (C=O) groups is 1. The second-order valence-corrected chi connectivity index (χ2v) is 5.76. The molecule has 0 aliphatic rings. The van der Waals surface area contributed by atoms with Gasteiger partial charge in [0, 0.05) is 19.2 Å². The molecule has 124 valence electrons. The predicted octanol–water partition coefficient (Wildman–Crippen LogP) is 2.83. The number of amides is 1. The van der Waals surface area contributed by atoms with Crippen molar-refractivity contribution in [3.8, 4) is 11.5 Å². The van der Waals surface area contributed by atoms with Gasteiger partial charge in [-0.15, -0.1) is 0 Å². The molecule has 0 bridgehead atoms. The largest absolute Gasteiger partial charge is 0.355 e. The van der Waals surface area contributed by atoms with Crippen LogP contribution in [0.4, 0.5) is 0 Å². The molecule has 0 fully saturated rings. The molecule has 0 saturated heterocycles. The minimum atomic E-state index is -0.123. The number of fused-ring (bicyclic) bond motifs is 1. The summed E-state index contributed by atoms with van der Waals surface area (Å²) >= 11 is 0. The van der Waals surface area contributed by atoms with Crippen LogP contribution >= 0.6 is 0 Å². The van der Waals surface area contributed by atoms with E-state index in [4.69, 9.17) is 4.98 Å². The Morgan fingerprint density at radius 1 is 1.20 bits per heavy atom. The molecule has 0 aliphatic heterocycles. The van der Waals surface area contributed by atoms with Crippen LogP contribution in [-0.4, -0.2) is 32.5 Å². The Kier molecular flexibility index (Phi) is 3.78. The monoisotopic (exact) mass is 331 g/mol. The van der Waals surface area contributed by atoms with Crippen molar-refractivity contribution in [1.29, 1.82) is 0 Å². The highest BCUT2D eigenvalue weighted by atomic mass is 16.1. The van der Waals surface area contributed by atoms with Gasteiger partial charge in [0.05, 0.1) is 23.6 Å². The van der Waals surface area contributed by atoms with Crippen LogP contribution < -0.4 is 5.32 Å². The summed E-state index contributed by atoms with van der Waals surface area (Å²) in [6.45, 7) is 0.686. The lowest BCUT2D eigenvalue weighted by molar-refractivity contribution is 0.0963. The highest BCUT2D eigenvalue weighted by Gasteiger charge is 2.15. The number of carbonyl (C=O) groups excluding carboxylic acids is 1. The number of benzene rings is 2. The van der Waals surface area contributed by atoms with Crippen LogP contribution in [0.15, 0.2) is 61.1 Å². The van der Waals surface area contributed by atoms with Gasteiger partial charge in [0.2, 0.25) is 0 Å². The number of H-pyrrole nitrogens is 1. The van der Waals surface area contributed by atoms with Crippen molar-refractivity contribution >= 4 is 16.9 Å². The maximum Gasteiger partial charge on any atom is 0.251 e. The summed E-state index contributed by atoms with van der Waals surface area (Å²) in [5.74, 6) is 0.674. The van der Waals surface area contributed by atoms with E-state index in [1.54, 1.807) is 19.6 Å². The Morgan fingerprint density at radius 3 is 2.76 bits per heavy atom. The second kappa shape index (κ2) is 6.24. The number of hydrogen-bond acceptors (Lipinski definition) is 3. The number of hydrogen-bond donors (Lipinski definition) is 2. The number of nitrogens with zero attached hydrogens (tertiary/aromatic N) is 3. The van der Waals surface area contributed by atoms with Crippen molar-refractivity contribution in [3.63, 3.8) is 0 Å². The van der Waals surface area contributed by atoms with E-state index in [2.05, 4.69) is 32.0 Å². The van der Waals surface area contributed by atoms with Crippen LogP contribution in [0.25, 0.3) is 22.6 Å². The lowest BCUT2D eigenvalue weighted by atomic mass is 10.2. The third kappa shape index (κ3) is 2.78. The number of rotatable bonds is 4. The summed E-state index contributed by atoms with van der Waals surface area (Å²) < 4.78 is 2.13. The fourth-order valence-electron chi connectivity index (χ4n) is 2.93. The molecule has 2 aromatic heterocycles. The summed E-state index contributed by atoms with van der Waals surface area (Å²) in [6.07, 6.45) is 3.39. The highest BCUT2D eigenvalue weighted by molar-refractivity contribution is 5.97. The third-order valence-corrected chi connectivity index (χ3v) is 4.16. The average Bonchev–Trinajstić information content (AvgIpc) is 3.29. The molecule has 0 unspecified atom stereocenters. The van der Waals surface area contributed by atoms with Crippen LogP contribution in [0, 0.1) is 0 Å². The van der Waals surface area contributed by atoms with Crippen molar-refractivity contribution in [2.24, 2.45) is 0 Å². The van der Waals surface area contributed by atoms with Gasteiger partial charge in [-0.25, -0.2) is 9.97 Å². The highest BCUT2D eigenvalue weighted by Crippen LogP contribution is 2.25. The van der Waals surface area contributed by atoms with Gasteiger partial charge in [-0.1, -0.05) is 30.3 Å². The van der Waals surface area contributed by atoms with Crippen LogP contribution in [0.2, 0.25) is 0 Å². The van der Waals surface area contributed by atoms with E-state index in [0.717, 1.165) is 22.6 Å². The van der Waals surface area contributed by atoms with Crippen LogP contribution in [0.5, 0.6) is 0 Å². The van der Waals surface area contributed by atoms with Crippen molar-refractivity contribution in [3.05, 3.63) is 72.2 Å². The van der Waals surface area contributed by atoms with E-state index in [-0.39, 0.29) is 5.91 Å². The molecule has 1 amide bonds. The molecule has 4 aromatic rings. The molecule has 6 nitrogen and oxygen atoms in total. The molecule has 4 rings (SSSR count). The Balaban J connectivity index is 1.88. The van der Waals surface area contributed by atoms with E-state index in [9.17, 15) is 4.79 Å². The molecule has 2 N–H and O–H groups in total. The number of aromatic nitrogens is 4. The van der Waals surface area contributed by atoms with Crippen molar-refractivity contribution in [2.75, 3.05) is 7.05 Å². The molecule has 25 heavy (non-hydrogen) atoms. The van der Waals surface area contributed by atoms with Crippen LogP contribution in [0.1, 0.15) is 15.9 Å². The summed E-state index contributed by atoms with van der Waals surface area (Å²) in [7, 11) is 1.62. The van der Waals surface area contributed by atoms with Crippen molar-refractivity contribution in [1.82, 2.24) is 24.8 Å². The van der Waals surface area contributed by atoms with Gasteiger partial charge in [-0.2, -0.15) is 0 Å². The van der Waals surface area contributed by atoms with Crippen molar-refractivity contribution in [2.45, 2.75) is 6.54 Å². The van der Waals surface area contributed by atoms with Gasteiger partial charge >= 0.3 is 0 Å². The first-order valence-electron chi connectivity index (χ1n) is 8.01. The van der Waals surface area contributed by atoms with Gasteiger partial charge in [0.15, 0.2) is 5.82 Å². The van der Waals surface area contributed by atoms with Gasteiger partial charge in [-0.05, 0) is 23.8 Å². The fraction of sp³-hybridized carbons (Fsp3) is 0.105. The van der Waals surface area contributed by atoms with E-state index in [1.807, 2.05) is 36.4 Å². The summed E-state index contributed by atoms with van der Waals surface area (Å²) in [5, 5.41) is 2.65. The zero-order valence-electron chi connectivity index (χ0n) is 13.7. The molecule has 0 spiro atoms. The van der Waals surface area contributed by atoms with E-state index < -0.39 is 0 Å². The Labute approximate surface area is 144 Å². The smallest absolute Gasteiger partial charge is 0.251 e. The van der Waals surface area contributed by atoms with Crippen LogP contribution in [-0.2, 0) is 6.54 Å². The maximum absolute atomic E-state index is 11.9. The number of aromatic amines is 1. The zero-order chi connectivity index (χ0) is 17.2. The number of imidazole rings is 2. The maximum atomic E-state index is 11.9. The second-order valence-electron chi connectivity index (χ2n) is 5.76. The molecular weight excluding hydrogens is 314 g/mol. The molecule has 0 atom stereocenters. The summed E-state index contributed by atoms with van der Waals surface area (Å²) in [6, 6.07) is 15.8. The normalized spacial score (nSPS) is 10.9. The lowest BCUT2D eigenvalue weighted by Gasteiger charge is -2.08. The molecule has 0 radical (unpaired) electrons. The first-order chi connectivity index (χ1) is 12.3. The Hall–Kier alpha value is -3.41. The lowest BCUT2D eigenvalue weighted by Crippen LogP contribution is -2.17. The Bertz CT molecular complexity index is 1020. The van der Waals surface area contributed by atoms with E-state index >= 15 is 0 Å². The summed E-state index contributed by atoms with van der Waals surface area (Å²) in [4.78, 5) is 23.9. The summed E-state index contributed by atoms with van der Waals surface area (Å²) in [5.41, 5.74) is 4.37. The minimum absolute atomic E-state index is 0.123. The van der Waals surface area contributed by atoms with Gasteiger partial charge in [0.1, 0.15) is 5.69 Å². The van der Waals surface area contributed by atoms with Crippen molar-refractivity contribution < 1.29 is 4.79 Å². The van der Waals surface area contributed by atoms with Gasteiger partial charge in [-0.3, -0.25) is 4.79 Å². The van der Waals surface area contributed by atoms with E-state index in [0.29, 0.717) is 12.1 Å². The van der Waals surface area contributed by atoms with E-state index in [1.165, 1.54) is 5.56 Å². The SMILES string of the molecule is CNC(=O)c1ccc2c(c1)nc(-c1cnc[nH]1)n2Cc1ccccc1. The molecule has 0 aliphatic carbocycles. The molecule has 2 aromatic carbocycles. The zero-order valence-corrected chi connectivity index (χ0v) is 13.7. The van der Waals surface area contributed by atoms with Gasteiger partial charge < -0.3 is 14.9 Å². The molecule has 6 heteroatoms. The Morgan fingerprint density at radius 2 is 2.04 bits per heavy atom. The van der Waals surface area contributed by atoms with Gasteiger partial charge in [0.25, 0.3) is 5.91 Å². The first kappa shape index (κ1) is 15.1. The number of nitrogens with one attached hydrogen (secondary N) is 2. The molecule has 0 saturated carbocycles. The molecule has 2 heterocycles. The fourth-order valence-corrected chi connectivity index (χ4v) is 2.93. The van der Waals surface area contributed by atoms with Crippen LogP contribution in [0.3, 0.4) is 0 Å². The molecular formula is C19H17N5O. The predicted molar refractivity (Wildman–Crippen MR) is 96.2 cm³/mol. The quantitative estimate of drug-likeness (QED) is 0.604. The minimum Gasteiger partial charge on any atom is -0.355 e.